The first-order chi connectivity index (χ1) is 13.8. The van der Waals surface area contributed by atoms with Gasteiger partial charge in [-0.25, -0.2) is 9.59 Å². The van der Waals surface area contributed by atoms with Crippen molar-refractivity contribution in [3.05, 3.63) is 12.3 Å². The van der Waals surface area contributed by atoms with Crippen molar-refractivity contribution >= 4 is 23.8 Å². The summed E-state index contributed by atoms with van der Waals surface area (Å²) in [6.45, 7) is 8.23. The number of nitrogens with one attached hydrogen (secondary N) is 3. The zero-order chi connectivity index (χ0) is 21.4. The lowest BCUT2D eigenvalue weighted by Gasteiger charge is -2.38. The van der Waals surface area contributed by atoms with E-state index in [1.807, 2.05) is 0 Å². The molecule has 2 fully saturated rings. The average molecular weight is 414 g/mol. The van der Waals surface area contributed by atoms with Crippen LogP contribution in [0, 0.1) is 0 Å². The zero-order valence-corrected chi connectivity index (χ0v) is 17.2. The summed E-state index contributed by atoms with van der Waals surface area (Å²) in [7, 11) is 0. The number of allylic oxidation sites excluding steroid dienone is 1. The Kier molecular flexibility index (Phi) is 8.44. The lowest BCUT2D eigenvalue weighted by Crippen LogP contribution is -2.50. The first kappa shape index (κ1) is 22.7. The highest BCUT2D eigenvalue weighted by Crippen LogP contribution is 2.22. The average Bonchev–Trinajstić information content (AvgIpc) is 2.97. The third-order valence-corrected chi connectivity index (χ3v) is 5.19. The van der Waals surface area contributed by atoms with Gasteiger partial charge in [-0.1, -0.05) is 13.0 Å². The SMILES string of the molecule is C=C1CCC(=O)N1OC(=O)CC[15NH]C(=O)[15NH][13CH2][15NH][13C](=O)CN1C(C)CCCC1C. The van der Waals surface area contributed by atoms with Crippen molar-refractivity contribution in [2.75, 3.05) is 19.8 Å². The molecular formula is C19H31N5O5. The van der Waals surface area contributed by atoms with E-state index >= 15 is 0 Å². The lowest BCUT2D eigenvalue weighted by molar-refractivity contribution is -0.186. The Labute approximate surface area is 170 Å². The van der Waals surface area contributed by atoms with Crippen LogP contribution >= 0.6 is 0 Å². The smallest absolute Gasteiger partial charge is 0.334 e. The van der Waals surface area contributed by atoms with Crippen LogP contribution in [0.5, 0.6) is 0 Å². The molecule has 2 atom stereocenters. The van der Waals surface area contributed by atoms with Gasteiger partial charge in [0.25, 0.3) is 5.91 Å². The number of hydrogen-bond donors (Lipinski definition) is 3. The Hall–Kier alpha value is -2.62. The van der Waals surface area contributed by atoms with Crippen LogP contribution in [0.15, 0.2) is 12.3 Å². The molecule has 4 amide bonds. The Morgan fingerprint density at radius 2 is 1.79 bits per heavy atom. The van der Waals surface area contributed by atoms with E-state index < -0.39 is 12.0 Å². The maximum Gasteiger partial charge on any atom is 0.334 e. The minimum absolute atomic E-state index is 0.00613. The largest absolute Gasteiger partial charge is 0.338 e. The molecule has 0 radical (unpaired) electrons. The number of carbonyl (C=O) groups excluding carboxylic acids is 4. The second-order valence-corrected chi connectivity index (χ2v) is 7.48. The van der Waals surface area contributed by atoms with Crippen LogP contribution in [0.25, 0.3) is 0 Å². The number of hydrogen-bond acceptors (Lipinski definition) is 6. The second-order valence-electron chi connectivity index (χ2n) is 7.48. The number of hydroxylamine groups is 2. The molecule has 2 aliphatic heterocycles. The molecule has 2 heterocycles. The Balaban J connectivity index is 1.56. The van der Waals surface area contributed by atoms with Crippen LogP contribution in [0.1, 0.15) is 52.4 Å². The minimum atomic E-state index is -0.639. The third-order valence-electron chi connectivity index (χ3n) is 5.19. The normalized spacial score (nSPS) is 22.3. The third kappa shape index (κ3) is 7.04. The molecule has 0 spiro atoms. The molecule has 0 aromatic heterocycles. The molecule has 29 heavy (non-hydrogen) atoms. The summed E-state index contributed by atoms with van der Waals surface area (Å²) in [6, 6.07) is 0.224. The van der Waals surface area contributed by atoms with Gasteiger partial charge >= 0.3 is 12.0 Å². The second kappa shape index (κ2) is 10.8. The zero-order valence-electron chi connectivity index (χ0n) is 17.2. The van der Waals surface area contributed by atoms with Crippen molar-refractivity contribution in [2.45, 2.75) is 64.5 Å². The van der Waals surface area contributed by atoms with Crippen molar-refractivity contribution in [2.24, 2.45) is 0 Å². The monoisotopic (exact) mass is 414 g/mol. The van der Waals surface area contributed by atoms with Gasteiger partial charge in [-0.05, 0) is 33.1 Å². The molecular weight excluding hydrogens is 383 g/mol. The fourth-order valence-corrected chi connectivity index (χ4v) is 3.47. The number of urea groups is 1. The number of carbonyl (C=O) groups is 4. The van der Waals surface area contributed by atoms with E-state index in [1.54, 1.807) is 0 Å². The van der Waals surface area contributed by atoms with Crippen LogP contribution in [0.2, 0.25) is 0 Å². The van der Waals surface area contributed by atoms with Gasteiger partial charge in [0.2, 0.25) is 5.91 Å². The molecule has 3 N–H and O–H groups in total. The fraction of sp³-hybridized carbons (Fsp3) is 0.684. The van der Waals surface area contributed by atoms with E-state index in [2.05, 4.69) is 41.3 Å². The standard InChI is InChI=1S/C19H31N5O5/c1-13-5-4-6-14(2)23(13)11-16(25)21-12-22-19(28)20-10-9-18(27)29-24-15(3)7-8-17(24)26/h13-14H,3-12H2,1-2H3,(H,21,25)(H2,20,22,28)/i12+1,16+1,20+1,21+1,22+1. The molecule has 2 saturated heterocycles. The van der Waals surface area contributed by atoms with E-state index in [-0.39, 0.29) is 37.9 Å². The highest BCUT2D eigenvalue weighted by Gasteiger charge is 2.28. The number of rotatable bonds is 8. The first-order valence-electron chi connectivity index (χ1n) is 10.0. The summed E-state index contributed by atoms with van der Waals surface area (Å²) in [4.78, 5) is 54.2. The predicted molar refractivity (Wildman–Crippen MR) is 105 cm³/mol. The molecule has 0 saturated carbocycles. The van der Waals surface area contributed by atoms with Crippen LogP contribution in [0.3, 0.4) is 0 Å². The highest BCUT2D eigenvalue weighted by atomic mass is 16.7. The fourth-order valence-electron chi connectivity index (χ4n) is 3.47. The van der Waals surface area contributed by atoms with Crippen LogP contribution in [-0.2, 0) is 19.2 Å². The minimum Gasteiger partial charge on any atom is -0.338 e. The predicted octanol–water partition coefficient (Wildman–Crippen LogP) is 0.607. The molecule has 2 aliphatic rings. The van der Waals surface area contributed by atoms with E-state index in [1.165, 1.54) is 6.42 Å². The Bertz CT molecular complexity index is 627. The number of likely N-dealkylation sites (tertiary alicyclic amines) is 1. The summed E-state index contributed by atoms with van der Waals surface area (Å²) < 4.78 is 0. The topological polar surface area (TPSA) is 120 Å². The van der Waals surface area contributed by atoms with E-state index in [4.69, 9.17) is 4.84 Å². The summed E-state index contributed by atoms with van der Waals surface area (Å²) in [5, 5.41) is 8.56. The maximum absolute atomic E-state index is 12.1. The van der Waals surface area contributed by atoms with Crippen molar-refractivity contribution in [3.8, 4) is 0 Å². The van der Waals surface area contributed by atoms with Crippen LogP contribution in [0.4, 0.5) is 4.79 Å². The number of amides is 4. The van der Waals surface area contributed by atoms with Gasteiger partial charge in [-0.3, -0.25) is 14.5 Å². The van der Waals surface area contributed by atoms with Gasteiger partial charge < -0.3 is 20.8 Å². The first-order valence-corrected chi connectivity index (χ1v) is 10.0. The highest BCUT2D eigenvalue weighted by molar-refractivity contribution is 5.82. The van der Waals surface area contributed by atoms with Crippen LogP contribution in [-0.4, -0.2) is 65.6 Å². The number of piperidine rings is 1. The van der Waals surface area contributed by atoms with Gasteiger partial charge in [-0.2, -0.15) is 0 Å². The maximum atomic E-state index is 12.1. The quantitative estimate of drug-likeness (QED) is 0.304. The van der Waals surface area contributed by atoms with E-state index in [0.717, 1.165) is 17.9 Å². The van der Waals surface area contributed by atoms with E-state index in [0.29, 0.717) is 30.7 Å². The van der Waals surface area contributed by atoms with Crippen molar-refractivity contribution in [1.82, 2.24) is 25.9 Å². The number of nitrogens with zero attached hydrogens (tertiary/aromatic N) is 2. The van der Waals surface area contributed by atoms with Crippen molar-refractivity contribution in [3.63, 3.8) is 0 Å². The molecule has 2 rings (SSSR count). The van der Waals surface area contributed by atoms with Crippen LogP contribution < -0.4 is 16.0 Å². The summed E-state index contributed by atoms with van der Waals surface area (Å²) in [5.41, 5.74) is 0.443. The summed E-state index contributed by atoms with van der Waals surface area (Å²) in [5.74, 6) is -1.09. The summed E-state index contributed by atoms with van der Waals surface area (Å²) >= 11 is 0. The van der Waals surface area contributed by atoms with Gasteiger partial charge in [0.1, 0.15) is 0 Å². The van der Waals surface area contributed by atoms with E-state index in [9.17, 15) is 19.2 Å². The van der Waals surface area contributed by atoms with Gasteiger partial charge in [0.05, 0.1) is 25.3 Å². The molecule has 10 nitrogen and oxygen atoms in total. The van der Waals surface area contributed by atoms with Gasteiger partial charge in [-0.15, -0.1) is 5.06 Å². The molecule has 2 unspecified atom stereocenters. The molecule has 10 heteroatoms. The van der Waals surface area contributed by atoms with Crippen molar-refractivity contribution < 1.29 is 24.0 Å². The van der Waals surface area contributed by atoms with Gasteiger partial charge in [0.15, 0.2) is 0 Å². The lowest BCUT2D eigenvalue weighted by atomic mass is 9.98. The molecule has 0 aromatic rings. The Morgan fingerprint density at radius 1 is 1.10 bits per heavy atom. The Morgan fingerprint density at radius 3 is 2.41 bits per heavy atom. The molecule has 162 valence electrons. The molecule has 0 aromatic carbocycles. The summed E-state index contributed by atoms with van der Waals surface area (Å²) in [6.07, 6.45) is 3.99. The van der Waals surface area contributed by atoms with Crippen molar-refractivity contribution in [1.29, 1.82) is 0 Å². The molecule has 0 bridgehead atoms. The van der Waals surface area contributed by atoms with Gasteiger partial charge in [0, 0.05) is 25.0 Å². The molecule has 0 aliphatic carbocycles.